The Labute approximate surface area is 143 Å². The van der Waals surface area contributed by atoms with Crippen molar-refractivity contribution in [2.24, 2.45) is 5.92 Å². The Morgan fingerprint density at radius 2 is 2.23 bits per heavy atom. The Balaban J connectivity index is 0.00000242. The van der Waals surface area contributed by atoms with Gasteiger partial charge in [-0.1, -0.05) is 23.7 Å². The molecule has 0 saturated carbocycles. The van der Waals surface area contributed by atoms with E-state index >= 15 is 0 Å². The van der Waals surface area contributed by atoms with Gasteiger partial charge in [0.05, 0.1) is 18.1 Å². The van der Waals surface area contributed by atoms with Crippen LogP contribution in [-0.2, 0) is 4.79 Å². The maximum atomic E-state index is 12.2. The molecule has 1 amide bonds. The molecule has 1 aromatic rings. The Kier molecular flexibility index (Phi) is 8.61. The van der Waals surface area contributed by atoms with Crippen molar-refractivity contribution in [2.75, 3.05) is 33.3 Å². The summed E-state index contributed by atoms with van der Waals surface area (Å²) in [6.07, 6.45) is 2.68. The van der Waals surface area contributed by atoms with E-state index in [0.29, 0.717) is 29.7 Å². The molecule has 2 rings (SSSR count). The number of ether oxygens (including phenoxy) is 1. The van der Waals surface area contributed by atoms with Gasteiger partial charge in [0, 0.05) is 13.1 Å². The zero-order valence-electron chi connectivity index (χ0n) is 12.9. The van der Waals surface area contributed by atoms with Crippen LogP contribution in [0.2, 0.25) is 5.02 Å². The molecular weight excluding hydrogens is 323 g/mol. The monoisotopic (exact) mass is 346 g/mol. The standard InChI is InChI=1S/C16H23ClN2O2.ClH/c1-18-11-13-5-4-9-19(12-13)16(20)8-10-21-15-7-3-2-6-14(15)17;/h2-3,6-7,13,18H,4-5,8-12H2,1H3;1H. The van der Waals surface area contributed by atoms with Gasteiger partial charge in [-0.2, -0.15) is 0 Å². The first-order valence-electron chi connectivity index (χ1n) is 7.50. The van der Waals surface area contributed by atoms with Crippen LogP contribution in [-0.4, -0.2) is 44.1 Å². The molecule has 1 unspecified atom stereocenters. The van der Waals surface area contributed by atoms with Crippen molar-refractivity contribution in [2.45, 2.75) is 19.3 Å². The fourth-order valence-corrected chi connectivity index (χ4v) is 2.91. The lowest BCUT2D eigenvalue weighted by Crippen LogP contribution is -2.42. The normalized spacial score (nSPS) is 17.7. The number of piperidine rings is 1. The first-order valence-corrected chi connectivity index (χ1v) is 7.88. The van der Waals surface area contributed by atoms with E-state index in [-0.39, 0.29) is 18.3 Å². The fourth-order valence-electron chi connectivity index (χ4n) is 2.72. The minimum Gasteiger partial charge on any atom is -0.491 e. The number of hydrogen-bond acceptors (Lipinski definition) is 3. The number of halogens is 2. The highest BCUT2D eigenvalue weighted by molar-refractivity contribution is 6.32. The molecule has 0 radical (unpaired) electrons. The number of para-hydroxylation sites is 1. The summed E-state index contributed by atoms with van der Waals surface area (Å²) >= 11 is 6.01. The molecular formula is C16H24Cl2N2O2. The summed E-state index contributed by atoms with van der Waals surface area (Å²) in [6.45, 7) is 3.06. The van der Waals surface area contributed by atoms with Gasteiger partial charge in [-0.25, -0.2) is 0 Å². The van der Waals surface area contributed by atoms with Crippen LogP contribution in [0.5, 0.6) is 5.75 Å². The topological polar surface area (TPSA) is 41.6 Å². The Morgan fingerprint density at radius 1 is 1.45 bits per heavy atom. The predicted octanol–water partition coefficient (Wildman–Crippen LogP) is 2.99. The van der Waals surface area contributed by atoms with Crippen molar-refractivity contribution in [3.8, 4) is 5.75 Å². The smallest absolute Gasteiger partial charge is 0.226 e. The summed E-state index contributed by atoms with van der Waals surface area (Å²) in [5.41, 5.74) is 0. The van der Waals surface area contributed by atoms with E-state index in [1.807, 2.05) is 30.1 Å². The molecule has 1 N–H and O–H groups in total. The predicted molar refractivity (Wildman–Crippen MR) is 92.0 cm³/mol. The number of rotatable bonds is 6. The molecule has 124 valence electrons. The molecule has 22 heavy (non-hydrogen) atoms. The molecule has 1 aliphatic heterocycles. The van der Waals surface area contributed by atoms with Crippen molar-refractivity contribution in [3.63, 3.8) is 0 Å². The van der Waals surface area contributed by atoms with E-state index in [4.69, 9.17) is 16.3 Å². The zero-order chi connectivity index (χ0) is 15.1. The average molecular weight is 347 g/mol. The van der Waals surface area contributed by atoms with Crippen LogP contribution in [0.3, 0.4) is 0 Å². The minimum absolute atomic E-state index is 0. The van der Waals surface area contributed by atoms with Crippen LogP contribution < -0.4 is 10.1 Å². The van der Waals surface area contributed by atoms with Gasteiger partial charge in [0.25, 0.3) is 0 Å². The second-order valence-corrected chi connectivity index (χ2v) is 5.84. The third-order valence-electron chi connectivity index (χ3n) is 3.77. The summed E-state index contributed by atoms with van der Waals surface area (Å²) in [5.74, 6) is 1.37. The molecule has 6 heteroatoms. The minimum atomic E-state index is 0. The lowest BCUT2D eigenvalue weighted by Gasteiger charge is -2.32. The Morgan fingerprint density at radius 3 is 2.95 bits per heavy atom. The maximum absolute atomic E-state index is 12.2. The van der Waals surface area contributed by atoms with E-state index in [2.05, 4.69) is 5.32 Å². The third kappa shape index (κ3) is 5.67. The van der Waals surface area contributed by atoms with E-state index < -0.39 is 0 Å². The second kappa shape index (κ2) is 9.93. The summed E-state index contributed by atoms with van der Waals surface area (Å²) in [7, 11) is 1.96. The van der Waals surface area contributed by atoms with E-state index in [1.165, 1.54) is 6.42 Å². The lowest BCUT2D eigenvalue weighted by molar-refractivity contribution is -0.133. The highest BCUT2D eigenvalue weighted by Gasteiger charge is 2.22. The largest absolute Gasteiger partial charge is 0.491 e. The number of likely N-dealkylation sites (tertiary alicyclic amines) is 1. The van der Waals surface area contributed by atoms with Gasteiger partial charge in [0.15, 0.2) is 0 Å². The molecule has 1 atom stereocenters. The van der Waals surface area contributed by atoms with Crippen LogP contribution in [0.4, 0.5) is 0 Å². The summed E-state index contributed by atoms with van der Waals surface area (Å²) in [6, 6.07) is 7.33. The first-order chi connectivity index (χ1) is 10.2. The van der Waals surface area contributed by atoms with Crippen LogP contribution in [0, 0.1) is 5.92 Å². The Bertz CT molecular complexity index is 469. The van der Waals surface area contributed by atoms with Gasteiger partial charge in [0.1, 0.15) is 5.75 Å². The summed E-state index contributed by atoms with van der Waals surface area (Å²) in [5, 5.41) is 3.77. The molecule has 1 saturated heterocycles. The number of nitrogens with one attached hydrogen (secondary N) is 1. The Hall–Kier alpha value is -0.970. The van der Waals surface area contributed by atoms with Gasteiger partial charge < -0.3 is 15.0 Å². The highest BCUT2D eigenvalue weighted by Crippen LogP contribution is 2.23. The van der Waals surface area contributed by atoms with Gasteiger partial charge in [-0.05, 0) is 44.5 Å². The third-order valence-corrected chi connectivity index (χ3v) is 4.09. The van der Waals surface area contributed by atoms with E-state index in [0.717, 1.165) is 26.1 Å². The molecule has 4 nitrogen and oxygen atoms in total. The summed E-state index contributed by atoms with van der Waals surface area (Å²) in [4.78, 5) is 14.2. The molecule has 0 aliphatic carbocycles. The van der Waals surface area contributed by atoms with Crippen molar-refractivity contribution in [1.82, 2.24) is 10.2 Å². The quantitative estimate of drug-likeness (QED) is 0.860. The molecule has 0 aromatic heterocycles. The average Bonchev–Trinajstić information content (AvgIpc) is 2.50. The molecule has 0 bridgehead atoms. The van der Waals surface area contributed by atoms with Gasteiger partial charge in [0.2, 0.25) is 5.91 Å². The van der Waals surface area contributed by atoms with Crippen molar-refractivity contribution in [3.05, 3.63) is 29.3 Å². The summed E-state index contributed by atoms with van der Waals surface area (Å²) < 4.78 is 5.58. The molecule has 1 aromatic carbocycles. The lowest BCUT2D eigenvalue weighted by atomic mass is 9.98. The molecule has 1 aliphatic rings. The van der Waals surface area contributed by atoms with Crippen LogP contribution in [0.15, 0.2) is 24.3 Å². The number of carbonyl (C=O) groups excluding carboxylic acids is 1. The molecule has 1 heterocycles. The maximum Gasteiger partial charge on any atom is 0.226 e. The highest BCUT2D eigenvalue weighted by atomic mass is 35.5. The van der Waals surface area contributed by atoms with Gasteiger partial charge in [-0.15, -0.1) is 12.4 Å². The SMILES string of the molecule is CNCC1CCCN(C(=O)CCOc2ccccc2Cl)C1.Cl. The number of amides is 1. The number of nitrogens with zero attached hydrogens (tertiary/aromatic N) is 1. The van der Waals surface area contributed by atoms with Crippen LogP contribution in [0.1, 0.15) is 19.3 Å². The van der Waals surface area contributed by atoms with E-state index in [9.17, 15) is 4.79 Å². The van der Waals surface area contributed by atoms with Gasteiger partial charge >= 0.3 is 0 Å². The van der Waals surface area contributed by atoms with Crippen molar-refractivity contribution >= 4 is 29.9 Å². The van der Waals surface area contributed by atoms with Gasteiger partial charge in [-0.3, -0.25) is 4.79 Å². The number of benzene rings is 1. The number of hydrogen-bond donors (Lipinski definition) is 1. The van der Waals surface area contributed by atoms with Crippen molar-refractivity contribution < 1.29 is 9.53 Å². The second-order valence-electron chi connectivity index (χ2n) is 5.43. The molecule has 1 fully saturated rings. The number of carbonyl (C=O) groups is 1. The van der Waals surface area contributed by atoms with E-state index in [1.54, 1.807) is 6.07 Å². The van der Waals surface area contributed by atoms with Crippen LogP contribution >= 0.6 is 24.0 Å². The zero-order valence-corrected chi connectivity index (χ0v) is 14.5. The molecule has 0 spiro atoms. The first kappa shape index (κ1) is 19.1. The fraction of sp³-hybridized carbons (Fsp3) is 0.562. The van der Waals surface area contributed by atoms with Crippen LogP contribution in [0.25, 0.3) is 0 Å². The van der Waals surface area contributed by atoms with Crippen molar-refractivity contribution in [1.29, 1.82) is 0 Å².